The van der Waals surface area contributed by atoms with Crippen LogP contribution >= 0.6 is 0 Å². The van der Waals surface area contributed by atoms with Gasteiger partial charge in [0.25, 0.3) is 0 Å². The molecule has 0 saturated carbocycles. The molecule has 0 spiro atoms. The SMILES string of the molecule is C=C(c1cccc(C)c1)N1CCCc2ccccc21. The highest BCUT2D eigenvalue weighted by atomic mass is 15.1. The maximum Gasteiger partial charge on any atom is 0.0443 e. The van der Waals surface area contributed by atoms with Gasteiger partial charge in [-0.25, -0.2) is 0 Å². The van der Waals surface area contributed by atoms with Crippen molar-refractivity contribution in [2.24, 2.45) is 0 Å². The third kappa shape index (κ3) is 2.28. The zero-order valence-electron chi connectivity index (χ0n) is 11.4. The predicted molar refractivity (Wildman–Crippen MR) is 82.3 cm³/mol. The minimum Gasteiger partial charge on any atom is -0.341 e. The Bertz CT molecular complexity index is 613. The van der Waals surface area contributed by atoms with E-state index in [0.717, 1.165) is 12.2 Å². The van der Waals surface area contributed by atoms with Gasteiger partial charge in [0.05, 0.1) is 0 Å². The zero-order chi connectivity index (χ0) is 13.2. The molecule has 0 N–H and O–H groups in total. The summed E-state index contributed by atoms with van der Waals surface area (Å²) in [7, 11) is 0. The van der Waals surface area contributed by atoms with Crippen LogP contribution in [0.25, 0.3) is 5.70 Å². The summed E-state index contributed by atoms with van der Waals surface area (Å²) in [6.45, 7) is 7.50. The van der Waals surface area contributed by atoms with Crippen LogP contribution in [-0.2, 0) is 6.42 Å². The minimum atomic E-state index is 1.06. The lowest BCUT2D eigenvalue weighted by Crippen LogP contribution is -2.27. The standard InChI is InChI=1S/C18H19N/c1-14-7-5-9-17(13-14)15(2)19-12-6-10-16-8-3-4-11-18(16)19/h3-5,7-9,11,13H,2,6,10,12H2,1H3. The Kier molecular flexibility index (Phi) is 3.12. The average Bonchev–Trinajstić information content (AvgIpc) is 2.46. The number of anilines is 1. The first-order valence-corrected chi connectivity index (χ1v) is 6.87. The van der Waals surface area contributed by atoms with Gasteiger partial charge in [-0.1, -0.05) is 48.5 Å². The molecular weight excluding hydrogens is 230 g/mol. The lowest BCUT2D eigenvalue weighted by Gasteiger charge is -2.33. The first-order valence-electron chi connectivity index (χ1n) is 6.87. The Balaban J connectivity index is 1.98. The molecule has 1 heterocycles. The maximum absolute atomic E-state index is 4.31. The molecule has 96 valence electrons. The van der Waals surface area contributed by atoms with Gasteiger partial charge in [0.15, 0.2) is 0 Å². The number of rotatable bonds is 2. The van der Waals surface area contributed by atoms with E-state index < -0.39 is 0 Å². The second kappa shape index (κ2) is 4.93. The first kappa shape index (κ1) is 12.0. The van der Waals surface area contributed by atoms with Gasteiger partial charge in [-0.05, 0) is 43.0 Å². The van der Waals surface area contributed by atoms with Crippen molar-refractivity contribution in [3.63, 3.8) is 0 Å². The van der Waals surface area contributed by atoms with E-state index in [4.69, 9.17) is 0 Å². The van der Waals surface area contributed by atoms with Gasteiger partial charge in [0.2, 0.25) is 0 Å². The first-order chi connectivity index (χ1) is 9.25. The van der Waals surface area contributed by atoms with E-state index in [9.17, 15) is 0 Å². The fourth-order valence-electron chi connectivity index (χ4n) is 2.79. The number of nitrogens with zero attached hydrogens (tertiary/aromatic N) is 1. The molecule has 3 rings (SSSR count). The summed E-state index contributed by atoms with van der Waals surface area (Å²) in [5.41, 5.74) is 6.36. The average molecular weight is 249 g/mol. The molecule has 1 aliphatic heterocycles. The third-order valence-corrected chi connectivity index (χ3v) is 3.79. The summed E-state index contributed by atoms with van der Waals surface area (Å²) in [5.74, 6) is 0. The van der Waals surface area contributed by atoms with Gasteiger partial charge in [0, 0.05) is 17.9 Å². The molecule has 0 atom stereocenters. The number of hydrogen-bond donors (Lipinski definition) is 0. The van der Waals surface area contributed by atoms with Crippen molar-refractivity contribution in [3.8, 4) is 0 Å². The van der Waals surface area contributed by atoms with Crippen LogP contribution in [0.15, 0.2) is 55.1 Å². The normalized spacial score (nSPS) is 14.1. The van der Waals surface area contributed by atoms with Crippen molar-refractivity contribution in [1.29, 1.82) is 0 Å². The van der Waals surface area contributed by atoms with Crippen LogP contribution in [0.1, 0.15) is 23.1 Å². The van der Waals surface area contributed by atoms with Crippen LogP contribution in [0.2, 0.25) is 0 Å². The molecule has 19 heavy (non-hydrogen) atoms. The number of aryl methyl sites for hydroxylation is 2. The van der Waals surface area contributed by atoms with Gasteiger partial charge < -0.3 is 4.90 Å². The van der Waals surface area contributed by atoms with Crippen LogP contribution in [0.3, 0.4) is 0 Å². The maximum atomic E-state index is 4.31. The number of fused-ring (bicyclic) bond motifs is 1. The molecule has 1 nitrogen and oxygen atoms in total. The molecule has 0 bridgehead atoms. The number of benzene rings is 2. The largest absolute Gasteiger partial charge is 0.341 e. The Morgan fingerprint density at radius 3 is 2.79 bits per heavy atom. The summed E-state index contributed by atoms with van der Waals surface area (Å²) >= 11 is 0. The quantitative estimate of drug-likeness (QED) is 0.761. The highest BCUT2D eigenvalue weighted by molar-refractivity contribution is 5.80. The molecule has 2 aromatic rings. The Hall–Kier alpha value is -2.02. The number of hydrogen-bond acceptors (Lipinski definition) is 1. The molecule has 0 unspecified atom stereocenters. The van der Waals surface area contributed by atoms with Crippen LogP contribution in [0.4, 0.5) is 5.69 Å². The van der Waals surface area contributed by atoms with Gasteiger partial charge in [-0.15, -0.1) is 0 Å². The molecule has 0 aliphatic carbocycles. The van der Waals surface area contributed by atoms with Crippen molar-refractivity contribution >= 4 is 11.4 Å². The van der Waals surface area contributed by atoms with Gasteiger partial charge in [0.1, 0.15) is 0 Å². The molecule has 0 amide bonds. The lowest BCUT2D eigenvalue weighted by molar-refractivity contribution is 0.770. The molecule has 0 fully saturated rings. The Labute approximate surface area is 115 Å². The molecular formula is C18H19N. The van der Waals surface area contributed by atoms with Crippen molar-refractivity contribution in [2.45, 2.75) is 19.8 Å². The van der Waals surface area contributed by atoms with Crippen molar-refractivity contribution in [1.82, 2.24) is 0 Å². The van der Waals surface area contributed by atoms with Crippen molar-refractivity contribution in [2.75, 3.05) is 11.4 Å². The fraction of sp³-hybridized carbons (Fsp3) is 0.222. The van der Waals surface area contributed by atoms with E-state index in [-0.39, 0.29) is 0 Å². The zero-order valence-corrected chi connectivity index (χ0v) is 11.4. The Morgan fingerprint density at radius 2 is 1.95 bits per heavy atom. The van der Waals surface area contributed by atoms with Crippen LogP contribution < -0.4 is 4.90 Å². The summed E-state index contributed by atoms with van der Waals surface area (Å²) in [5, 5.41) is 0. The lowest BCUT2D eigenvalue weighted by atomic mass is 9.99. The molecule has 1 heteroatoms. The smallest absolute Gasteiger partial charge is 0.0443 e. The predicted octanol–water partition coefficient (Wildman–Crippen LogP) is 4.42. The molecule has 0 aromatic heterocycles. The van der Waals surface area contributed by atoms with E-state index in [1.54, 1.807) is 0 Å². The second-order valence-electron chi connectivity index (χ2n) is 5.20. The molecule has 0 radical (unpaired) electrons. The van der Waals surface area contributed by atoms with Crippen LogP contribution in [0, 0.1) is 6.92 Å². The third-order valence-electron chi connectivity index (χ3n) is 3.79. The highest BCUT2D eigenvalue weighted by Gasteiger charge is 2.19. The van der Waals surface area contributed by atoms with Crippen molar-refractivity contribution < 1.29 is 0 Å². The van der Waals surface area contributed by atoms with E-state index >= 15 is 0 Å². The van der Waals surface area contributed by atoms with Gasteiger partial charge in [-0.2, -0.15) is 0 Å². The van der Waals surface area contributed by atoms with Gasteiger partial charge >= 0.3 is 0 Å². The molecule has 2 aromatic carbocycles. The van der Waals surface area contributed by atoms with E-state index in [1.165, 1.54) is 35.2 Å². The van der Waals surface area contributed by atoms with E-state index in [1.807, 2.05) is 0 Å². The molecule has 0 saturated heterocycles. The fourth-order valence-corrected chi connectivity index (χ4v) is 2.79. The summed E-state index contributed by atoms with van der Waals surface area (Å²) in [4.78, 5) is 2.35. The van der Waals surface area contributed by atoms with E-state index in [2.05, 4.69) is 66.9 Å². The van der Waals surface area contributed by atoms with Gasteiger partial charge in [-0.3, -0.25) is 0 Å². The summed E-state index contributed by atoms with van der Waals surface area (Å²) in [6, 6.07) is 17.2. The highest BCUT2D eigenvalue weighted by Crippen LogP contribution is 2.32. The van der Waals surface area contributed by atoms with Crippen LogP contribution in [0.5, 0.6) is 0 Å². The van der Waals surface area contributed by atoms with Crippen molar-refractivity contribution in [3.05, 3.63) is 71.8 Å². The summed E-state index contributed by atoms with van der Waals surface area (Å²) < 4.78 is 0. The van der Waals surface area contributed by atoms with Crippen LogP contribution in [-0.4, -0.2) is 6.54 Å². The monoisotopic (exact) mass is 249 g/mol. The van der Waals surface area contributed by atoms with E-state index in [0.29, 0.717) is 0 Å². The Morgan fingerprint density at radius 1 is 1.11 bits per heavy atom. The minimum absolute atomic E-state index is 1.06. The molecule has 1 aliphatic rings. The number of para-hydroxylation sites is 1. The topological polar surface area (TPSA) is 3.24 Å². The second-order valence-corrected chi connectivity index (χ2v) is 5.20. The summed E-state index contributed by atoms with van der Waals surface area (Å²) in [6.07, 6.45) is 2.37.